The van der Waals surface area contributed by atoms with Crippen LogP contribution in [-0.2, 0) is 9.73 Å². The molecule has 1 unspecified atom stereocenters. The van der Waals surface area contributed by atoms with Crippen LogP contribution in [0.2, 0.25) is 0 Å². The Morgan fingerprint density at radius 2 is 1.47 bits per heavy atom. The van der Waals surface area contributed by atoms with E-state index in [9.17, 15) is 9.00 Å². The summed E-state index contributed by atoms with van der Waals surface area (Å²) in [5.41, 5.74) is 1.58. The van der Waals surface area contributed by atoms with Crippen molar-refractivity contribution in [2.75, 3.05) is 20.5 Å². The van der Waals surface area contributed by atoms with Gasteiger partial charge in [0.05, 0.1) is 29.5 Å². The quantitative estimate of drug-likeness (QED) is 0.600. The van der Waals surface area contributed by atoms with Crippen LogP contribution in [0, 0.1) is 11.8 Å². The lowest BCUT2D eigenvalue weighted by Gasteiger charge is -2.05. The summed E-state index contributed by atoms with van der Waals surface area (Å²) in [6.45, 7) is 0. The minimum atomic E-state index is -2.91. The number of aromatic nitrogens is 1. The van der Waals surface area contributed by atoms with Crippen LogP contribution in [-0.4, -0.2) is 35.6 Å². The minimum Gasteiger partial charge on any atom is -0.497 e. The maximum atomic E-state index is 12.9. The first-order valence-electron chi connectivity index (χ1n) is 8.93. The Labute approximate surface area is 176 Å². The van der Waals surface area contributed by atoms with Gasteiger partial charge in [0, 0.05) is 34.7 Å². The van der Waals surface area contributed by atoms with E-state index in [1.54, 1.807) is 50.7 Å². The molecule has 3 aromatic rings. The van der Waals surface area contributed by atoms with Gasteiger partial charge in [-0.2, -0.15) is 4.36 Å². The lowest BCUT2D eigenvalue weighted by atomic mass is 10.1. The molecule has 0 spiro atoms. The number of rotatable bonds is 4. The van der Waals surface area contributed by atoms with E-state index in [2.05, 4.69) is 21.2 Å². The van der Waals surface area contributed by atoms with Crippen LogP contribution in [0.25, 0.3) is 0 Å². The van der Waals surface area contributed by atoms with Gasteiger partial charge in [0.2, 0.25) is 0 Å². The summed E-state index contributed by atoms with van der Waals surface area (Å²) in [5, 5.41) is 0. The molecular formula is C23H20N2O4S. The normalized spacial score (nSPS) is 12.1. The fraction of sp³-hybridized carbons (Fsp3) is 0.130. The van der Waals surface area contributed by atoms with Gasteiger partial charge < -0.3 is 9.47 Å². The van der Waals surface area contributed by atoms with Crippen molar-refractivity contribution < 1.29 is 18.5 Å². The Hall–Kier alpha value is -3.63. The monoisotopic (exact) mass is 420 g/mol. The van der Waals surface area contributed by atoms with E-state index in [0.29, 0.717) is 16.2 Å². The number of methoxy groups -OCH3 is 2. The molecule has 0 saturated heterocycles. The molecule has 7 heteroatoms. The summed E-state index contributed by atoms with van der Waals surface area (Å²) in [6.07, 6.45) is 4.36. The van der Waals surface area contributed by atoms with Crippen molar-refractivity contribution in [1.82, 2.24) is 4.98 Å². The molecule has 30 heavy (non-hydrogen) atoms. The SMILES string of the molecule is COc1ccc(C#Cc2cncc(C(=O)N=S(C)(=O)c3ccc(OC)cc3)c2)cc1. The largest absolute Gasteiger partial charge is 0.497 e. The van der Waals surface area contributed by atoms with E-state index in [1.165, 1.54) is 12.5 Å². The number of carbonyl (C=O) groups is 1. The van der Waals surface area contributed by atoms with Crippen molar-refractivity contribution in [2.24, 2.45) is 4.36 Å². The Morgan fingerprint density at radius 1 is 0.900 bits per heavy atom. The van der Waals surface area contributed by atoms with Crippen molar-refractivity contribution in [2.45, 2.75) is 4.90 Å². The highest BCUT2D eigenvalue weighted by molar-refractivity contribution is 7.93. The van der Waals surface area contributed by atoms with Crippen molar-refractivity contribution >= 4 is 15.6 Å². The lowest BCUT2D eigenvalue weighted by Crippen LogP contribution is -2.04. The van der Waals surface area contributed by atoms with E-state index in [-0.39, 0.29) is 5.56 Å². The molecule has 1 aromatic heterocycles. The average molecular weight is 420 g/mol. The second kappa shape index (κ2) is 9.25. The van der Waals surface area contributed by atoms with E-state index in [4.69, 9.17) is 9.47 Å². The van der Waals surface area contributed by atoms with E-state index < -0.39 is 15.6 Å². The summed E-state index contributed by atoms with van der Waals surface area (Å²) < 4.78 is 27.1. The molecule has 1 heterocycles. The predicted octanol–water partition coefficient (Wildman–Crippen LogP) is 3.80. The summed E-state index contributed by atoms with van der Waals surface area (Å²) >= 11 is 0. The third kappa shape index (κ3) is 5.25. The van der Waals surface area contributed by atoms with Crippen LogP contribution in [0.5, 0.6) is 11.5 Å². The fourth-order valence-corrected chi connectivity index (χ4v) is 3.70. The Balaban J connectivity index is 1.84. The summed E-state index contributed by atoms with van der Waals surface area (Å²) in [5.74, 6) is 6.74. The van der Waals surface area contributed by atoms with Crippen LogP contribution in [0.3, 0.4) is 0 Å². The van der Waals surface area contributed by atoms with Gasteiger partial charge in [-0.25, -0.2) is 4.21 Å². The van der Waals surface area contributed by atoms with Gasteiger partial charge in [-0.1, -0.05) is 11.8 Å². The van der Waals surface area contributed by atoms with Crippen molar-refractivity contribution in [3.63, 3.8) is 0 Å². The molecule has 1 amide bonds. The van der Waals surface area contributed by atoms with Gasteiger partial charge in [-0.15, -0.1) is 0 Å². The van der Waals surface area contributed by atoms with Gasteiger partial charge in [0.1, 0.15) is 11.5 Å². The third-order valence-electron chi connectivity index (χ3n) is 4.18. The molecule has 0 aliphatic carbocycles. The van der Waals surface area contributed by atoms with Crippen LogP contribution in [0.15, 0.2) is 76.2 Å². The number of ether oxygens (including phenoxy) is 2. The zero-order valence-corrected chi connectivity index (χ0v) is 17.6. The van der Waals surface area contributed by atoms with Crippen LogP contribution in [0.4, 0.5) is 0 Å². The molecule has 0 bridgehead atoms. The van der Waals surface area contributed by atoms with Crippen molar-refractivity contribution in [1.29, 1.82) is 0 Å². The Morgan fingerprint density at radius 3 is 2.07 bits per heavy atom. The molecule has 3 rings (SSSR count). The maximum Gasteiger partial charge on any atom is 0.286 e. The molecule has 0 saturated carbocycles. The number of benzene rings is 2. The second-order valence-corrected chi connectivity index (χ2v) is 8.57. The molecule has 0 fully saturated rings. The number of carbonyl (C=O) groups excluding carboxylic acids is 1. The Bertz CT molecular complexity index is 1230. The first kappa shape index (κ1) is 21.1. The molecule has 0 aliphatic rings. The van der Waals surface area contributed by atoms with Crippen LogP contribution in [0.1, 0.15) is 21.5 Å². The summed E-state index contributed by atoms with van der Waals surface area (Å²) in [6, 6.07) is 15.5. The zero-order valence-electron chi connectivity index (χ0n) is 16.8. The molecule has 2 aromatic carbocycles. The van der Waals surface area contributed by atoms with Crippen molar-refractivity contribution in [3.05, 3.63) is 83.7 Å². The number of nitrogens with zero attached hydrogens (tertiary/aromatic N) is 2. The molecule has 0 radical (unpaired) electrons. The van der Waals surface area contributed by atoms with Crippen LogP contribution >= 0.6 is 0 Å². The standard InChI is InChI=1S/C23H20N2O4S/c1-28-20-8-6-17(7-9-20)4-5-18-14-19(16-24-15-18)23(26)25-30(3,27)22-12-10-21(29-2)11-13-22/h6-16H,1-3H3. The highest BCUT2D eigenvalue weighted by atomic mass is 32.2. The Kier molecular flexibility index (Phi) is 6.50. The highest BCUT2D eigenvalue weighted by Crippen LogP contribution is 2.18. The van der Waals surface area contributed by atoms with E-state index in [1.807, 2.05) is 24.3 Å². The molecule has 152 valence electrons. The molecule has 0 N–H and O–H groups in total. The summed E-state index contributed by atoms with van der Waals surface area (Å²) in [4.78, 5) is 17.1. The number of pyridine rings is 1. The molecule has 0 aliphatic heterocycles. The molecule has 6 nitrogen and oxygen atoms in total. The molecular weight excluding hydrogens is 400 g/mol. The smallest absolute Gasteiger partial charge is 0.286 e. The van der Waals surface area contributed by atoms with E-state index >= 15 is 0 Å². The summed E-state index contributed by atoms with van der Waals surface area (Å²) in [7, 11) is 0.233. The third-order valence-corrected chi connectivity index (χ3v) is 5.84. The first-order valence-corrected chi connectivity index (χ1v) is 10.9. The molecule has 1 atom stereocenters. The number of hydrogen-bond donors (Lipinski definition) is 0. The average Bonchev–Trinajstić information content (AvgIpc) is 2.78. The predicted molar refractivity (Wildman–Crippen MR) is 115 cm³/mol. The number of hydrogen-bond acceptors (Lipinski definition) is 5. The van der Waals surface area contributed by atoms with Crippen molar-refractivity contribution in [3.8, 4) is 23.3 Å². The lowest BCUT2D eigenvalue weighted by molar-refractivity contribution is 0.100. The minimum absolute atomic E-state index is 0.222. The maximum absolute atomic E-state index is 12.9. The van der Waals surface area contributed by atoms with Gasteiger partial charge in [-0.05, 0) is 54.6 Å². The van der Waals surface area contributed by atoms with Gasteiger partial charge in [0.15, 0.2) is 0 Å². The fourth-order valence-electron chi connectivity index (χ4n) is 2.54. The van der Waals surface area contributed by atoms with Crippen LogP contribution < -0.4 is 9.47 Å². The second-order valence-electron chi connectivity index (χ2n) is 6.32. The zero-order chi connectivity index (χ0) is 21.6. The number of amides is 1. The highest BCUT2D eigenvalue weighted by Gasteiger charge is 2.12. The van der Waals surface area contributed by atoms with E-state index in [0.717, 1.165) is 11.3 Å². The van der Waals surface area contributed by atoms with Gasteiger partial charge in [-0.3, -0.25) is 9.78 Å². The first-order chi connectivity index (χ1) is 14.4. The topological polar surface area (TPSA) is 77.9 Å². The van der Waals surface area contributed by atoms with Gasteiger partial charge >= 0.3 is 0 Å². The van der Waals surface area contributed by atoms with Gasteiger partial charge in [0.25, 0.3) is 5.91 Å².